The lowest BCUT2D eigenvalue weighted by Crippen LogP contribution is -2.19. The molecule has 1 unspecified atom stereocenters. The van der Waals surface area contributed by atoms with Gasteiger partial charge in [0.15, 0.2) is 0 Å². The van der Waals surface area contributed by atoms with Gasteiger partial charge in [-0.1, -0.05) is 60.2 Å². The molecule has 6 heteroatoms. The van der Waals surface area contributed by atoms with Crippen LogP contribution in [0.2, 0.25) is 0 Å². The molecule has 0 spiro atoms. The minimum Gasteiger partial charge on any atom is -0.508 e. The molecule has 188 valence electrons. The zero-order chi connectivity index (χ0) is 26.5. The Morgan fingerprint density at radius 2 is 1.69 bits per heavy atom. The summed E-state index contributed by atoms with van der Waals surface area (Å²) in [6.45, 7) is 7.09. The van der Waals surface area contributed by atoms with Gasteiger partial charge in [0, 0.05) is 12.0 Å². The van der Waals surface area contributed by atoms with Crippen LogP contribution in [0.4, 0.5) is 0 Å². The normalized spacial score (nSPS) is 13.7. The molecule has 0 bridgehead atoms. The maximum Gasteiger partial charge on any atom is 0.346 e. The Kier molecular flexibility index (Phi) is 11.0. The van der Waals surface area contributed by atoms with Crippen LogP contribution < -0.4 is 0 Å². The van der Waals surface area contributed by atoms with Crippen LogP contribution >= 0.6 is 0 Å². The molecule has 0 aliphatic heterocycles. The summed E-state index contributed by atoms with van der Waals surface area (Å²) >= 11 is 0. The van der Waals surface area contributed by atoms with E-state index in [0.29, 0.717) is 11.3 Å². The molecular weight excluding hydrogens is 456 g/mol. The van der Waals surface area contributed by atoms with Crippen molar-refractivity contribution in [2.75, 3.05) is 0 Å². The van der Waals surface area contributed by atoms with Crippen molar-refractivity contribution in [1.29, 1.82) is 0 Å². The third-order valence-corrected chi connectivity index (χ3v) is 5.07. The van der Waals surface area contributed by atoms with Gasteiger partial charge in [0.1, 0.15) is 28.9 Å². The van der Waals surface area contributed by atoms with Gasteiger partial charge in [-0.15, -0.1) is 0 Å². The Labute approximate surface area is 212 Å². The first-order valence-corrected chi connectivity index (χ1v) is 11.5. The van der Waals surface area contributed by atoms with Crippen molar-refractivity contribution in [1.82, 2.24) is 0 Å². The molecule has 2 aromatic rings. The molecule has 2 N–H and O–H groups in total. The zero-order valence-corrected chi connectivity index (χ0v) is 21.0. The standard InChI is InChI=1S/C30H32O6/c1-5-7-10-22(4)29(33)36-26(19-21(3)13-14-23-15-17-24(31)18-16-23)20-25(6-2)35-30(34)27-11-8-9-12-28(27)32/h5-19,26,31-32H,20H2,1-4H3/b7-5-,14-13+,21-19+,22-10+,25-6+. The summed E-state index contributed by atoms with van der Waals surface area (Å²) in [5.74, 6) is -0.899. The third-order valence-electron chi connectivity index (χ3n) is 5.07. The molecule has 0 amide bonds. The van der Waals surface area contributed by atoms with Crippen molar-refractivity contribution >= 4 is 18.0 Å². The summed E-state index contributed by atoms with van der Waals surface area (Å²) in [6.07, 6.45) is 11.7. The molecular formula is C30H32O6. The molecule has 0 aliphatic carbocycles. The number of para-hydroxylation sites is 1. The molecule has 0 radical (unpaired) electrons. The van der Waals surface area contributed by atoms with E-state index in [4.69, 9.17) is 9.47 Å². The highest BCUT2D eigenvalue weighted by Gasteiger charge is 2.20. The van der Waals surface area contributed by atoms with Crippen LogP contribution in [-0.4, -0.2) is 28.3 Å². The second kappa shape index (κ2) is 14.2. The van der Waals surface area contributed by atoms with E-state index in [9.17, 15) is 19.8 Å². The predicted molar refractivity (Wildman–Crippen MR) is 141 cm³/mol. The van der Waals surface area contributed by atoms with Gasteiger partial charge >= 0.3 is 11.9 Å². The van der Waals surface area contributed by atoms with E-state index in [1.807, 2.05) is 32.1 Å². The van der Waals surface area contributed by atoms with Crippen LogP contribution in [-0.2, 0) is 14.3 Å². The first kappa shape index (κ1) is 27.9. The molecule has 0 heterocycles. The van der Waals surface area contributed by atoms with Gasteiger partial charge in [0.2, 0.25) is 0 Å². The van der Waals surface area contributed by atoms with Crippen LogP contribution in [0.15, 0.2) is 102 Å². The fourth-order valence-corrected chi connectivity index (χ4v) is 3.07. The van der Waals surface area contributed by atoms with E-state index < -0.39 is 18.0 Å². The number of carbonyl (C=O) groups excluding carboxylic acids is 2. The zero-order valence-electron chi connectivity index (χ0n) is 21.0. The molecule has 0 aromatic heterocycles. The molecule has 0 aliphatic rings. The highest BCUT2D eigenvalue weighted by molar-refractivity contribution is 5.93. The first-order valence-electron chi connectivity index (χ1n) is 11.5. The number of carbonyl (C=O) groups is 2. The van der Waals surface area contributed by atoms with Crippen molar-refractivity contribution in [3.05, 3.63) is 113 Å². The fourth-order valence-electron chi connectivity index (χ4n) is 3.07. The molecule has 2 rings (SSSR count). The van der Waals surface area contributed by atoms with E-state index in [-0.39, 0.29) is 23.5 Å². The molecule has 2 aromatic carbocycles. The van der Waals surface area contributed by atoms with Crippen molar-refractivity contribution in [2.24, 2.45) is 0 Å². The lowest BCUT2D eigenvalue weighted by atomic mass is 10.1. The Balaban J connectivity index is 2.25. The molecule has 0 saturated heterocycles. The highest BCUT2D eigenvalue weighted by atomic mass is 16.6. The molecule has 36 heavy (non-hydrogen) atoms. The Bertz CT molecular complexity index is 1200. The second-order valence-electron chi connectivity index (χ2n) is 8.02. The van der Waals surface area contributed by atoms with E-state index in [2.05, 4.69) is 0 Å². The van der Waals surface area contributed by atoms with Gasteiger partial charge in [0.05, 0.1) is 0 Å². The van der Waals surface area contributed by atoms with Gasteiger partial charge in [-0.25, -0.2) is 9.59 Å². The van der Waals surface area contributed by atoms with Crippen molar-refractivity contribution in [2.45, 2.75) is 40.2 Å². The average Bonchev–Trinajstić information content (AvgIpc) is 2.86. The number of phenols is 2. The number of esters is 2. The minimum absolute atomic E-state index is 0.0408. The maximum atomic E-state index is 12.7. The summed E-state index contributed by atoms with van der Waals surface area (Å²) in [7, 11) is 0. The summed E-state index contributed by atoms with van der Waals surface area (Å²) in [5, 5.41) is 19.4. The quantitative estimate of drug-likeness (QED) is 0.168. The number of aromatic hydroxyl groups is 2. The maximum absolute atomic E-state index is 12.7. The number of ether oxygens (including phenoxy) is 2. The van der Waals surface area contributed by atoms with E-state index in [1.54, 1.807) is 74.5 Å². The van der Waals surface area contributed by atoms with Crippen molar-refractivity contribution in [3.8, 4) is 11.5 Å². The average molecular weight is 489 g/mol. The van der Waals surface area contributed by atoms with Crippen LogP contribution in [0.25, 0.3) is 6.08 Å². The number of hydrogen-bond acceptors (Lipinski definition) is 6. The van der Waals surface area contributed by atoms with E-state index in [1.165, 1.54) is 12.1 Å². The monoisotopic (exact) mass is 488 g/mol. The highest BCUT2D eigenvalue weighted by Crippen LogP contribution is 2.21. The number of phenolic OH excluding ortho intramolecular Hbond substituents is 2. The summed E-state index contributed by atoms with van der Waals surface area (Å²) in [5.41, 5.74) is 2.18. The number of rotatable bonds is 10. The van der Waals surface area contributed by atoms with Gasteiger partial charge in [-0.05, 0) is 69.7 Å². The smallest absolute Gasteiger partial charge is 0.346 e. The van der Waals surface area contributed by atoms with E-state index in [0.717, 1.165) is 11.1 Å². The van der Waals surface area contributed by atoms with Crippen LogP contribution in [0, 0.1) is 0 Å². The molecule has 1 atom stereocenters. The number of allylic oxidation sites excluding steroid dienone is 6. The van der Waals surface area contributed by atoms with Crippen LogP contribution in [0.1, 0.15) is 50.0 Å². The van der Waals surface area contributed by atoms with Crippen molar-refractivity contribution in [3.63, 3.8) is 0 Å². The molecule has 0 fully saturated rings. The predicted octanol–water partition coefficient (Wildman–Crippen LogP) is 6.64. The first-order chi connectivity index (χ1) is 17.2. The van der Waals surface area contributed by atoms with Gasteiger partial charge in [0.25, 0.3) is 0 Å². The van der Waals surface area contributed by atoms with Gasteiger partial charge in [-0.2, -0.15) is 0 Å². The summed E-state index contributed by atoms with van der Waals surface area (Å²) in [6, 6.07) is 12.9. The minimum atomic E-state index is -0.723. The number of benzene rings is 2. The largest absolute Gasteiger partial charge is 0.508 e. The summed E-state index contributed by atoms with van der Waals surface area (Å²) < 4.78 is 11.2. The van der Waals surface area contributed by atoms with Crippen molar-refractivity contribution < 1.29 is 29.3 Å². The number of hydrogen-bond donors (Lipinski definition) is 2. The lowest BCUT2D eigenvalue weighted by molar-refractivity contribution is -0.142. The lowest BCUT2D eigenvalue weighted by Gasteiger charge is -2.17. The Morgan fingerprint density at radius 3 is 2.33 bits per heavy atom. The SMILES string of the molecule is C/C=C\C=C(/C)C(=O)OC(/C=C(C)/C=C/c1ccc(O)cc1)C/C(=C\C)OC(=O)c1ccccc1O. The molecule has 6 nitrogen and oxygen atoms in total. The Morgan fingerprint density at radius 1 is 1.00 bits per heavy atom. The molecule has 0 saturated carbocycles. The fraction of sp³-hybridized carbons (Fsp3) is 0.200. The van der Waals surface area contributed by atoms with Gasteiger partial charge in [-0.3, -0.25) is 0 Å². The van der Waals surface area contributed by atoms with E-state index >= 15 is 0 Å². The third kappa shape index (κ3) is 9.14. The van der Waals surface area contributed by atoms with Crippen LogP contribution in [0.3, 0.4) is 0 Å². The second-order valence-corrected chi connectivity index (χ2v) is 8.02. The summed E-state index contributed by atoms with van der Waals surface area (Å²) in [4.78, 5) is 25.2. The van der Waals surface area contributed by atoms with Crippen LogP contribution in [0.5, 0.6) is 11.5 Å². The topological polar surface area (TPSA) is 93.1 Å². The Hall–Kier alpha value is -4.32. The van der Waals surface area contributed by atoms with Gasteiger partial charge < -0.3 is 19.7 Å².